The molecule has 1 atom stereocenters. The summed E-state index contributed by atoms with van der Waals surface area (Å²) in [5, 5.41) is 0.652. The molecule has 0 aliphatic carbocycles. The van der Waals surface area contributed by atoms with E-state index in [2.05, 4.69) is 9.97 Å². The molecule has 1 aromatic heterocycles. The van der Waals surface area contributed by atoms with E-state index in [-0.39, 0.29) is 11.9 Å². The molecule has 0 saturated heterocycles. The lowest BCUT2D eigenvalue weighted by molar-refractivity contribution is 0.591. The Morgan fingerprint density at radius 1 is 1.35 bits per heavy atom. The molecule has 3 nitrogen and oxygen atoms in total. The second-order valence-electron chi connectivity index (χ2n) is 3.59. The van der Waals surface area contributed by atoms with Gasteiger partial charge in [0.2, 0.25) is 0 Å². The molecule has 2 rings (SSSR count). The van der Waals surface area contributed by atoms with Gasteiger partial charge in [-0.1, -0.05) is 23.9 Å². The van der Waals surface area contributed by atoms with E-state index in [1.165, 1.54) is 17.8 Å². The first-order chi connectivity index (χ1) is 8.18. The fraction of sp³-hybridized carbons (Fsp3) is 0.167. The van der Waals surface area contributed by atoms with E-state index < -0.39 is 0 Å². The zero-order valence-electron chi connectivity index (χ0n) is 9.30. The van der Waals surface area contributed by atoms with Crippen LogP contribution in [0.2, 0.25) is 0 Å². The fourth-order valence-corrected chi connectivity index (χ4v) is 2.41. The summed E-state index contributed by atoms with van der Waals surface area (Å²) in [4.78, 5) is 8.57. The largest absolute Gasteiger partial charge is 0.324 e. The van der Waals surface area contributed by atoms with Gasteiger partial charge < -0.3 is 5.73 Å². The van der Waals surface area contributed by atoms with Crippen LogP contribution in [0.5, 0.6) is 0 Å². The van der Waals surface area contributed by atoms with E-state index in [1.807, 2.05) is 13.0 Å². The van der Waals surface area contributed by atoms with E-state index in [1.54, 1.807) is 24.7 Å². The Labute approximate surface area is 103 Å². The van der Waals surface area contributed by atoms with Gasteiger partial charge in [0.25, 0.3) is 0 Å². The van der Waals surface area contributed by atoms with Crippen LogP contribution in [0, 0.1) is 5.82 Å². The smallest absolute Gasteiger partial charge is 0.137 e. The Hall–Kier alpha value is -1.46. The Morgan fingerprint density at radius 2 is 2.18 bits per heavy atom. The molecule has 0 radical (unpaired) electrons. The number of aromatic nitrogens is 2. The highest BCUT2D eigenvalue weighted by atomic mass is 32.2. The van der Waals surface area contributed by atoms with Crippen LogP contribution in [0.1, 0.15) is 18.5 Å². The fourth-order valence-electron chi connectivity index (χ4n) is 1.43. The minimum atomic E-state index is -0.282. The standard InChI is InChI=1S/C12H12FN3S/c1-8(14)9-3-2-4-10(13)12(9)17-11-7-15-5-6-16-11/h2-8H,14H2,1H3/t8-/m0/s1. The van der Waals surface area contributed by atoms with Crippen LogP contribution in [-0.4, -0.2) is 9.97 Å². The summed E-state index contributed by atoms with van der Waals surface area (Å²) in [6.07, 6.45) is 4.76. The van der Waals surface area contributed by atoms with Crippen molar-refractivity contribution in [1.82, 2.24) is 9.97 Å². The van der Waals surface area contributed by atoms with Crippen LogP contribution in [0.15, 0.2) is 46.7 Å². The first-order valence-corrected chi connectivity index (χ1v) is 5.98. The van der Waals surface area contributed by atoms with E-state index in [9.17, 15) is 4.39 Å². The predicted molar refractivity (Wildman–Crippen MR) is 65.2 cm³/mol. The average Bonchev–Trinajstić information content (AvgIpc) is 2.33. The van der Waals surface area contributed by atoms with Crippen molar-refractivity contribution in [2.24, 2.45) is 5.73 Å². The Morgan fingerprint density at radius 3 is 2.82 bits per heavy atom. The van der Waals surface area contributed by atoms with Gasteiger partial charge in [0.05, 0.1) is 11.1 Å². The number of benzene rings is 1. The third-order valence-electron chi connectivity index (χ3n) is 2.23. The van der Waals surface area contributed by atoms with E-state index >= 15 is 0 Å². The first-order valence-electron chi connectivity index (χ1n) is 5.16. The maximum absolute atomic E-state index is 13.8. The Balaban J connectivity index is 2.38. The van der Waals surface area contributed by atoms with Crippen LogP contribution in [0.3, 0.4) is 0 Å². The van der Waals surface area contributed by atoms with Gasteiger partial charge in [-0.3, -0.25) is 4.98 Å². The molecular weight excluding hydrogens is 237 g/mol. The summed E-state index contributed by atoms with van der Waals surface area (Å²) >= 11 is 1.24. The van der Waals surface area contributed by atoms with Gasteiger partial charge in [0, 0.05) is 18.4 Å². The Kier molecular flexibility index (Phi) is 3.71. The minimum absolute atomic E-state index is 0.218. The Bertz CT molecular complexity index is 502. The molecule has 5 heteroatoms. The highest BCUT2D eigenvalue weighted by Gasteiger charge is 2.13. The van der Waals surface area contributed by atoms with E-state index in [0.717, 1.165) is 5.56 Å². The number of rotatable bonds is 3. The maximum Gasteiger partial charge on any atom is 0.137 e. The van der Waals surface area contributed by atoms with Gasteiger partial charge in [-0.2, -0.15) is 0 Å². The molecule has 0 unspecified atom stereocenters. The molecule has 17 heavy (non-hydrogen) atoms. The van der Waals surface area contributed by atoms with Gasteiger partial charge in [-0.15, -0.1) is 0 Å². The number of nitrogens with zero attached hydrogens (tertiary/aromatic N) is 2. The van der Waals surface area contributed by atoms with Crippen LogP contribution in [-0.2, 0) is 0 Å². The van der Waals surface area contributed by atoms with Gasteiger partial charge in [0.15, 0.2) is 0 Å². The second-order valence-corrected chi connectivity index (χ2v) is 4.62. The van der Waals surface area contributed by atoms with Gasteiger partial charge in [-0.25, -0.2) is 9.37 Å². The molecule has 0 fully saturated rings. The van der Waals surface area contributed by atoms with Crippen LogP contribution in [0.4, 0.5) is 4.39 Å². The zero-order chi connectivity index (χ0) is 12.3. The third-order valence-corrected chi connectivity index (χ3v) is 3.29. The summed E-state index contributed by atoms with van der Waals surface area (Å²) in [5.41, 5.74) is 6.60. The first kappa shape index (κ1) is 12.0. The van der Waals surface area contributed by atoms with Crippen molar-refractivity contribution in [2.75, 3.05) is 0 Å². The number of halogens is 1. The predicted octanol–water partition coefficient (Wildman–Crippen LogP) is 2.79. The van der Waals surface area contributed by atoms with Crippen molar-refractivity contribution in [1.29, 1.82) is 0 Å². The molecular formula is C12H12FN3S. The van der Waals surface area contributed by atoms with Crippen LogP contribution in [0.25, 0.3) is 0 Å². The zero-order valence-corrected chi connectivity index (χ0v) is 10.1. The molecule has 2 aromatic rings. The summed E-state index contributed by atoms with van der Waals surface area (Å²) in [6.45, 7) is 1.83. The summed E-state index contributed by atoms with van der Waals surface area (Å²) in [6, 6.07) is 4.69. The van der Waals surface area contributed by atoms with Gasteiger partial charge >= 0.3 is 0 Å². The monoisotopic (exact) mass is 249 g/mol. The van der Waals surface area contributed by atoms with Crippen LogP contribution >= 0.6 is 11.8 Å². The van der Waals surface area contributed by atoms with Crippen molar-refractivity contribution >= 4 is 11.8 Å². The molecule has 1 aromatic carbocycles. The molecule has 1 heterocycles. The molecule has 2 N–H and O–H groups in total. The molecule has 0 aliphatic heterocycles. The lowest BCUT2D eigenvalue weighted by atomic mass is 10.1. The van der Waals surface area contributed by atoms with Crippen molar-refractivity contribution in [3.63, 3.8) is 0 Å². The van der Waals surface area contributed by atoms with E-state index in [0.29, 0.717) is 9.92 Å². The van der Waals surface area contributed by atoms with Crippen LogP contribution < -0.4 is 5.73 Å². The van der Waals surface area contributed by atoms with Crippen molar-refractivity contribution in [2.45, 2.75) is 22.9 Å². The lowest BCUT2D eigenvalue weighted by Gasteiger charge is -2.12. The number of hydrogen-bond donors (Lipinski definition) is 1. The van der Waals surface area contributed by atoms with Gasteiger partial charge in [0.1, 0.15) is 10.8 Å². The number of hydrogen-bond acceptors (Lipinski definition) is 4. The average molecular weight is 249 g/mol. The molecule has 0 spiro atoms. The highest BCUT2D eigenvalue weighted by molar-refractivity contribution is 7.99. The molecule has 0 amide bonds. The minimum Gasteiger partial charge on any atom is -0.324 e. The van der Waals surface area contributed by atoms with Crippen molar-refractivity contribution in [3.05, 3.63) is 48.2 Å². The summed E-state index contributed by atoms with van der Waals surface area (Å²) in [7, 11) is 0. The summed E-state index contributed by atoms with van der Waals surface area (Å²) < 4.78 is 13.8. The third kappa shape index (κ3) is 2.81. The summed E-state index contributed by atoms with van der Waals surface area (Å²) in [5.74, 6) is -0.282. The highest BCUT2D eigenvalue weighted by Crippen LogP contribution is 2.33. The molecule has 0 bridgehead atoms. The normalized spacial score (nSPS) is 12.4. The number of nitrogens with two attached hydrogens (primary N) is 1. The molecule has 0 saturated carbocycles. The second kappa shape index (κ2) is 5.25. The maximum atomic E-state index is 13.8. The lowest BCUT2D eigenvalue weighted by Crippen LogP contribution is -2.07. The quantitative estimate of drug-likeness (QED) is 0.908. The topological polar surface area (TPSA) is 51.8 Å². The SMILES string of the molecule is C[C@H](N)c1cccc(F)c1Sc1cnccn1. The van der Waals surface area contributed by atoms with Crippen molar-refractivity contribution in [3.8, 4) is 0 Å². The van der Waals surface area contributed by atoms with E-state index in [4.69, 9.17) is 5.73 Å². The van der Waals surface area contributed by atoms with Gasteiger partial charge in [-0.05, 0) is 18.6 Å². The molecule has 88 valence electrons. The molecule has 0 aliphatic rings. The van der Waals surface area contributed by atoms with Crippen molar-refractivity contribution < 1.29 is 4.39 Å².